The molecule has 0 unspecified atom stereocenters. The van der Waals surface area contributed by atoms with Gasteiger partial charge >= 0.3 is 5.97 Å². The summed E-state index contributed by atoms with van der Waals surface area (Å²) in [5, 5.41) is 8.66. The molecular weight excluding hydrogens is 184 g/mol. The normalized spacial score (nSPS) is 10.1. The Hall–Kier alpha value is -1.65. The van der Waals surface area contributed by atoms with Crippen LogP contribution in [0.25, 0.3) is 0 Å². The van der Waals surface area contributed by atoms with Crippen LogP contribution in [0.15, 0.2) is 17.3 Å². The van der Waals surface area contributed by atoms with Gasteiger partial charge in [-0.2, -0.15) is 0 Å². The second-order valence-corrected chi connectivity index (χ2v) is 2.96. The van der Waals surface area contributed by atoms with Gasteiger partial charge in [-0.15, -0.1) is 0 Å². The Labute approximate surface area is 81.0 Å². The van der Waals surface area contributed by atoms with E-state index in [1.54, 1.807) is 0 Å². The fourth-order valence-corrected chi connectivity index (χ4v) is 1.09. The molecule has 5 heteroatoms. The maximum Gasteiger partial charge on any atom is 0.342 e. The van der Waals surface area contributed by atoms with Gasteiger partial charge in [-0.05, 0) is 6.42 Å². The van der Waals surface area contributed by atoms with Crippen molar-refractivity contribution in [3.63, 3.8) is 0 Å². The van der Waals surface area contributed by atoms with Crippen molar-refractivity contribution >= 4 is 5.97 Å². The Bertz CT molecular complexity index is 384. The lowest BCUT2D eigenvalue weighted by Crippen LogP contribution is -2.26. The minimum Gasteiger partial charge on any atom is -0.477 e. The van der Waals surface area contributed by atoms with E-state index in [9.17, 15) is 9.59 Å². The van der Waals surface area contributed by atoms with Crippen LogP contribution in [0.2, 0.25) is 0 Å². The van der Waals surface area contributed by atoms with Crippen molar-refractivity contribution < 1.29 is 9.90 Å². The average molecular weight is 196 g/mol. The van der Waals surface area contributed by atoms with Gasteiger partial charge in [0.25, 0.3) is 5.56 Å². The predicted molar refractivity (Wildman–Crippen MR) is 50.4 cm³/mol. The Morgan fingerprint density at radius 2 is 2.36 bits per heavy atom. The van der Waals surface area contributed by atoms with E-state index >= 15 is 0 Å². The highest BCUT2D eigenvalue weighted by Gasteiger charge is 2.10. The predicted octanol–water partition coefficient (Wildman–Crippen LogP) is 0.742. The van der Waals surface area contributed by atoms with E-state index in [-0.39, 0.29) is 5.56 Å². The summed E-state index contributed by atoms with van der Waals surface area (Å²) in [5.41, 5.74) is -0.760. The molecule has 5 nitrogen and oxygen atoms in total. The fraction of sp³-hybridized carbons (Fsp3) is 0.444. The number of hydrogen-bond donors (Lipinski definition) is 1. The van der Waals surface area contributed by atoms with Gasteiger partial charge in [0.05, 0.1) is 6.33 Å². The van der Waals surface area contributed by atoms with Gasteiger partial charge in [-0.1, -0.05) is 13.3 Å². The van der Waals surface area contributed by atoms with Crippen molar-refractivity contribution in [3.8, 4) is 0 Å². The topological polar surface area (TPSA) is 72.2 Å². The minimum absolute atomic E-state index is 0.274. The molecule has 0 saturated heterocycles. The number of carboxylic acid groups (broad SMARTS) is 1. The molecule has 0 spiro atoms. The third-order valence-electron chi connectivity index (χ3n) is 1.88. The molecule has 0 bridgehead atoms. The van der Waals surface area contributed by atoms with Crippen molar-refractivity contribution in [2.24, 2.45) is 0 Å². The number of nitrogens with zero attached hydrogens (tertiary/aromatic N) is 2. The molecule has 0 saturated carbocycles. The highest BCUT2D eigenvalue weighted by atomic mass is 16.4. The Morgan fingerprint density at radius 3 is 2.93 bits per heavy atom. The molecule has 1 rings (SSSR count). The van der Waals surface area contributed by atoms with E-state index in [0.717, 1.165) is 19.0 Å². The highest BCUT2D eigenvalue weighted by molar-refractivity contribution is 5.86. The largest absolute Gasteiger partial charge is 0.477 e. The summed E-state index contributed by atoms with van der Waals surface area (Å²) in [6, 6.07) is 0. The maximum absolute atomic E-state index is 11.5. The number of carbonyl (C=O) groups is 1. The number of aryl methyl sites for hydroxylation is 1. The van der Waals surface area contributed by atoms with E-state index in [2.05, 4.69) is 4.98 Å². The van der Waals surface area contributed by atoms with Crippen LogP contribution in [0, 0.1) is 0 Å². The molecule has 1 aromatic rings. The molecule has 1 aromatic heterocycles. The highest BCUT2D eigenvalue weighted by Crippen LogP contribution is 1.93. The first-order chi connectivity index (χ1) is 6.66. The number of hydrogen-bond acceptors (Lipinski definition) is 3. The Balaban J connectivity index is 3.02. The number of aromatic carboxylic acids is 1. The zero-order valence-corrected chi connectivity index (χ0v) is 7.93. The smallest absolute Gasteiger partial charge is 0.342 e. The van der Waals surface area contributed by atoms with Crippen LogP contribution < -0.4 is 5.56 Å². The summed E-state index contributed by atoms with van der Waals surface area (Å²) < 4.78 is 1.33. The molecule has 0 amide bonds. The third kappa shape index (κ3) is 2.18. The van der Waals surface area contributed by atoms with Gasteiger partial charge < -0.3 is 5.11 Å². The minimum atomic E-state index is -1.23. The molecule has 0 fully saturated rings. The SMILES string of the molecule is CCCCn1cncc(C(=O)O)c1=O. The zero-order chi connectivity index (χ0) is 10.6. The number of aromatic nitrogens is 2. The van der Waals surface area contributed by atoms with Gasteiger partial charge in [0.15, 0.2) is 0 Å². The van der Waals surface area contributed by atoms with Crippen LogP contribution in [0.3, 0.4) is 0 Å². The first kappa shape index (κ1) is 10.4. The molecule has 0 radical (unpaired) electrons. The van der Waals surface area contributed by atoms with E-state index in [1.807, 2.05) is 6.92 Å². The second kappa shape index (κ2) is 4.55. The van der Waals surface area contributed by atoms with Gasteiger partial charge in [-0.3, -0.25) is 9.36 Å². The van der Waals surface area contributed by atoms with E-state index in [1.165, 1.54) is 10.9 Å². The molecule has 76 valence electrons. The molecule has 14 heavy (non-hydrogen) atoms. The van der Waals surface area contributed by atoms with Crippen molar-refractivity contribution in [3.05, 3.63) is 28.4 Å². The van der Waals surface area contributed by atoms with Crippen LogP contribution in [-0.2, 0) is 6.54 Å². The van der Waals surface area contributed by atoms with Crippen molar-refractivity contribution in [1.82, 2.24) is 9.55 Å². The van der Waals surface area contributed by atoms with Crippen molar-refractivity contribution in [1.29, 1.82) is 0 Å². The van der Waals surface area contributed by atoms with E-state index < -0.39 is 11.5 Å². The lowest BCUT2D eigenvalue weighted by Gasteiger charge is -2.03. The molecule has 0 atom stereocenters. The van der Waals surface area contributed by atoms with Crippen LogP contribution in [-0.4, -0.2) is 20.6 Å². The Morgan fingerprint density at radius 1 is 1.64 bits per heavy atom. The van der Waals surface area contributed by atoms with Gasteiger partial charge in [0.1, 0.15) is 5.56 Å². The fourth-order valence-electron chi connectivity index (χ4n) is 1.09. The molecule has 1 N–H and O–H groups in total. The average Bonchev–Trinajstić information content (AvgIpc) is 2.16. The molecular formula is C9H12N2O3. The third-order valence-corrected chi connectivity index (χ3v) is 1.88. The lowest BCUT2D eigenvalue weighted by atomic mass is 10.3. The van der Waals surface area contributed by atoms with Crippen LogP contribution in [0.5, 0.6) is 0 Å². The summed E-state index contributed by atoms with van der Waals surface area (Å²) in [5.74, 6) is -1.23. The quantitative estimate of drug-likeness (QED) is 0.770. The summed E-state index contributed by atoms with van der Waals surface area (Å²) >= 11 is 0. The number of unbranched alkanes of at least 4 members (excludes halogenated alkanes) is 1. The van der Waals surface area contributed by atoms with Crippen LogP contribution in [0.4, 0.5) is 0 Å². The second-order valence-electron chi connectivity index (χ2n) is 2.96. The summed E-state index contributed by atoms with van der Waals surface area (Å²) in [6.07, 6.45) is 4.23. The lowest BCUT2D eigenvalue weighted by molar-refractivity contribution is 0.0693. The van der Waals surface area contributed by atoms with Gasteiger partial charge in [0.2, 0.25) is 0 Å². The monoisotopic (exact) mass is 196 g/mol. The van der Waals surface area contributed by atoms with E-state index in [4.69, 9.17) is 5.11 Å². The molecule has 0 aliphatic heterocycles. The first-order valence-electron chi connectivity index (χ1n) is 4.44. The number of rotatable bonds is 4. The Kier molecular flexibility index (Phi) is 3.39. The van der Waals surface area contributed by atoms with E-state index in [0.29, 0.717) is 6.54 Å². The van der Waals surface area contributed by atoms with Crippen LogP contribution in [0.1, 0.15) is 30.1 Å². The maximum atomic E-state index is 11.5. The number of carboxylic acids is 1. The van der Waals surface area contributed by atoms with Crippen LogP contribution >= 0.6 is 0 Å². The first-order valence-corrected chi connectivity index (χ1v) is 4.44. The van der Waals surface area contributed by atoms with Crippen molar-refractivity contribution in [2.75, 3.05) is 0 Å². The molecule has 0 aliphatic carbocycles. The molecule has 0 aromatic carbocycles. The standard InChI is InChI=1S/C9H12N2O3/c1-2-3-4-11-6-10-5-7(8(11)12)9(13)14/h5-6H,2-4H2,1H3,(H,13,14). The molecule has 0 aliphatic rings. The molecule has 1 heterocycles. The zero-order valence-electron chi connectivity index (χ0n) is 7.93. The van der Waals surface area contributed by atoms with Gasteiger partial charge in [0, 0.05) is 12.7 Å². The summed E-state index contributed by atoms with van der Waals surface area (Å²) in [7, 11) is 0. The summed E-state index contributed by atoms with van der Waals surface area (Å²) in [6.45, 7) is 2.52. The summed E-state index contributed by atoms with van der Waals surface area (Å²) in [4.78, 5) is 25.8. The van der Waals surface area contributed by atoms with Crippen molar-refractivity contribution in [2.45, 2.75) is 26.3 Å². The van der Waals surface area contributed by atoms with Gasteiger partial charge in [-0.25, -0.2) is 9.78 Å².